The van der Waals surface area contributed by atoms with Gasteiger partial charge in [0.05, 0.1) is 13.3 Å². The van der Waals surface area contributed by atoms with Crippen molar-refractivity contribution in [3.8, 4) is 5.75 Å². The zero-order valence-electron chi connectivity index (χ0n) is 13.2. The standard InChI is InChI=1S/C15H22N6O/c1-21(2)9-8-16-14-11-18-20-15(19-14)17-10-12-4-6-13(22-3)7-5-12/h4-7,11H,8-10H2,1-3H3,(H2,16,17,19,20). The third kappa shape index (κ3) is 5.17. The number of ether oxygens (including phenoxy) is 1. The Hall–Kier alpha value is -2.41. The summed E-state index contributed by atoms with van der Waals surface area (Å²) >= 11 is 0. The van der Waals surface area contributed by atoms with Crippen LogP contribution in [-0.2, 0) is 6.54 Å². The van der Waals surface area contributed by atoms with Gasteiger partial charge in [0.2, 0.25) is 5.95 Å². The van der Waals surface area contributed by atoms with Gasteiger partial charge in [-0.05, 0) is 31.8 Å². The van der Waals surface area contributed by atoms with Gasteiger partial charge in [-0.15, -0.1) is 5.10 Å². The molecule has 1 aromatic carbocycles. The topological polar surface area (TPSA) is 75.2 Å². The molecular weight excluding hydrogens is 280 g/mol. The molecule has 118 valence electrons. The summed E-state index contributed by atoms with van der Waals surface area (Å²) in [5, 5.41) is 14.3. The summed E-state index contributed by atoms with van der Waals surface area (Å²) in [7, 11) is 5.71. The maximum atomic E-state index is 5.14. The SMILES string of the molecule is COc1ccc(CNc2nncc(NCCN(C)C)n2)cc1. The highest BCUT2D eigenvalue weighted by Crippen LogP contribution is 2.12. The predicted octanol–water partition coefficient (Wildman–Crippen LogP) is 1.47. The van der Waals surface area contributed by atoms with E-state index in [1.165, 1.54) is 0 Å². The molecule has 0 aliphatic rings. The highest BCUT2D eigenvalue weighted by molar-refractivity contribution is 5.38. The van der Waals surface area contributed by atoms with E-state index in [1.54, 1.807) is 13.3 Å². The van der Waals surface area contributed by atoms with Gasteiger partial charge < -0.3 is 20.3 Å². The van der Waals surface area contributed by atoms with Gasteiger partial charge in [-0.2, -0.15) is 10.1 Å². The van der Waals surface area contributed by atoms with Crippen LogP contribution in [0.5, 0.6) is 5.75 Å². The van der Waals surface area contributed by atoms with Gasteiger partial charge in [0, 0.05) is 19.6 Å². The van der Waals surface area contributed by atoms with E-state index >= 15 is 0 Å². The van der Waals surface area contributed by atoms with Crippen molar-refractivity contribution < 1.29 is 4.74 Å². The lowest BCUT2D eigenvalue weighted by Crippen LogP contribution is -2.21. The Kier molecular flexibility index (Phi) is 5.91. The van der Waals surface area contributed by atoms with Crippen molar-refractivity contribution in [3.05, 3.63) is 36.0 Å². The lowest BCUT2D eigenvalue weighted by molar-refractivity contribution is 0.414. The Labute approximate surface area is 130 Å². The maximum Gasteiger partial charge on any atom is 0.244 e. The molecule has 0 aliphatic heterocycles. The number of methoxy groups -OCH3 is 1. The Morgan fingerprint density at radius 2 is 1.91 bits per heavy atom. The van der Waals surface area contributed by atoms with Crippen LogP contribution in [0.15, 0.2) is 30.5 Å². The third-order valence-corrected chi connectivity index (χ3v) is 3.03. The first-order valence-electron chi connectivity index (χ1n) is 7.12. The van der Waals surface area contributed by atoms with Crippen LogP contribution >= 0.6 is 0 Å². The number of hydrogen-bond donors (Lipinski definition) is 2. The van der Waals surface area contributed by atoms with Crippen LogP contribution < -0.4 is 15.4 Å². The first-order chi connectivity index (χ1) is 10.7. The second-order valence-electron chi connectivity index (χ2n) is 5.10. The number of anilines is 2. The average Bonchev–Trinajstić information content (AvgIpc) is 2.53. The Morgan fingerprint density at radius 1 is 1.14 bits per heavy atom. The fourth-order valence-electron chi connectivity index (χ4n) is 1.80. The van der Waals surface area contributed by atoms with Crippen molar-refractivity contribution in [2.24, 2.45) is 0 Å². The molecule has 0 amide bonds. The van der Waals surface area contributed by atoms with Crippen LogP contribution in [-0.4, -0.2) is 54.4 Å². The number of nitrogens with zero attached hydrogens (tertiary/aromatic N) is 4. The Morgan fingerprint density at radius 3 is 2.59 bits per heavy atom. The van der Waals surface area contributed by atoms with Crippen molar-refractivity contribution in [1.29, 1.82) is 0 Å². The average molecular weight is 302 g/mol. The van der Waals surface area contributed by atoms with Crippen molar-refractivity contribution in [1.82, 2.24) is 20.1 Å². The minimum Gasteiger partial charge on any atom is -0.497 e. The Bertz CT molecular complexity index is 573. The zero-order chi connectivity index (χ0) is 15.8. The number of hydrogen-bond acceptors (Lipinski definition) is 7. The first-order valence-corrected chi connectivity index (χ1v) is 7.12. The molecule has 0 fully saturated rings. The normalized spacial score (nSPS) is 10.5. The van der Waals surface area contributed by atoms with Gasteiger partial charge in [0.15, 0.2) is 5.82 Å². The van der Waals surface area contributed by atoms with Crippen molar-refractivity contribution >= 4 is 11.8 Å². The molecule has 1 aromatic heterocycles. The number of likely N-dealkylation sites (N-methyl/N-ethyl adjacent to an activating group) is 1. The fraction of sp³-hybridized carbons (Fsp3) is 0.400. The Balaban J connectivity index is 1.86. The number of nitrogens with one attached hydrogen (secondary N) is 2. The number of benzene rings is 1. The summed E-state index contributed by atoms with van der Waals surface area (Å²) < 4.78 is 5.14. The molecule has 7 heteroatoms. The summed E-state index contributed by atoms with van der Waals surface area (Å²) in [6.45, 7) is 2.37. The van der Waals surface area contributed by atoms with Crippen LogP contribution in [0.25, 0.3) is 0 Å². The monoisotopic (exact) mass is 302 g/mol. The molecular formula is C15H22N6O. The molecule has 0 spiro atoms. The maximum absolute atomic E-state index is 5.14. The quantitative estimate of drug-likeness (QED) is 0.764. The van der Waals surface area contributed by atoms with E-state index in [0.29, 0.717) is 18.3 Å². The molecule has 1 heterocycles. The van der Waals surface area contributed by atoms with E-state index in [4.69, 9.17) is 4.74 Å². The van der Waals surface area contributed by atoms with E-state index in [-0.39, 0.29) is 0 Å². The summed E-state index contributed by atoms with van der Waals surface area (Å²) in [4.78, 5) is 6.48. The molecule has 0 bridgehead atoms. The van der Waals surface area contributed by atoms with Gasteiger partial charge in [0.1, 0.15) is 5.75 Å². The molecule has 0 radical (unpaired) electrons. The second kappa shape index (κ2) is 8.14. The second-order valence-corrected chi connectivity index (χ2v) is 5.10. The van der Waals surface area contributed by atoms with E-state index in [0.717, 1.165) is 24.4 Å². The van der Waals surface area contributed by atoms with E-state index in [2.05, 4.69) is 30.7 Å². The van der Waals surface area contributed by atoms with Crippen molar-refractivity contribution in [3.63, 3.8) is 0 Å². The van der Waals surface area contributed by atoms with Crippen molar-refractivity contribution in [2.45, 2.75) is 6.54 Å². The van der Waals surface area contributed by atoms with E-state index in [1.807, 2.05) is 38.4 Å². The molecule has 0 saturated heterocycles. The zero-order valence-corrected chi connectivity index (χ0v) is 13.2. The van der Waals surface area contributed by atoms with Gasteiger partial charge in [-0.25, -0.2) is 0 Å². The van der Waals surface area contributed by atoms with Crippen LogP contribution in [0.2, 0.25) is 0 Å². The van der Waals surface area contributed by atoms with Crippen LogP contribution in [0.1, 0.15) is 5.56 Å². The molecule has 2 aromatic rings. The van der Waals surface area contributed by atoms with Crippen molar-refractivity contribution in [2.75, 3.05) is 44.9 Å². The minimum atomic E-state index is 0.505. The highest BCUT2D eigenvalue weighted by atomic mass is 16.5. The predicted molar refractivity (Wildman–Crippen MR) is 87.2 cm³/mol. The lowest BCUT2D eigenvalue weighted by Gasteiger charge is -2.11. The summed E-state index contributed by atoms with van der Waals surface area (Å²) in [5.74, 6) is 2.06. The number of rotatable bonds is 8. The van der Waals surface area contributed by atoms with Gasteiger partial charge in [-0.3, -0.25) is 0 Å². The van der Waals surface area contributed by atoms with Crippen LogP contribution in [0.4, 0.5) is 11.8 Å². The van der Waals surface area contributed by atoms with Crippen LogP contribution in [0, 0.1) is 0 Å². The van der Waals surface area contributed by atoms with Gasteiger partial charge in [0.25, 0.3) is 0 Å². The smallest absolute Gasteiger partial charge is 0.244 e. The molecule has 7 nitrogen and oxygen atoms in total. The molecule has 0 atom stereocenters. The van der Waals surface area contributed by atoms with Gasteiger partial charge in [-0.1, -0.05) is 12.1 Å². The molecule has 0 unspecified atom stereocenters. The minimum absolute atomic E-state index is 0.505. The van der Waals surface area contributed by atoms with E-state index in [9.17, 15) is 0 Å². The summed E-state index contributed by atoms with van der Waals surface area (Å²) in [6.07, 6.45) is 1.62. The molecule has 2 rings (SSSR count). The third-order valence-electron chi connectivity index (χ3n) is 3.03. The molecule has 0 aliphatic carbocycles. The van der Waals surface area contributed by atoms with E-state index < -0.39 is 0 Å². The molecule has 2 N–H and O–H groups in total. The lowest BCUT2D eigenvalue weighted by atomic mass is 10.2. The molecule has 22 heavy (non-hydrogen) atoms. The fourth-order valence-corrected chi connectivity index (χ4v) is 1.80. The highest BCUT2D eigenvalue weighted by Gasteiger charge is 2.01. The van der Waals surface area contributed by atoms with Crippen LogP contribution in [0.3, 0.4) is 0 Å². The largest absolute Gasteiger partial charge is 0.497 e. The molecule has 0 saturated carbocycles. The summed E-state index contributed by atoms with van der Waals surface area (Å²) in [5.41, 5.74) is 1.12. The summed E-state index contributed by atoms with van der Waals surface area (Å²) in [6, 6.07) is 7.85. The number of aromatic nitrogens is 3. The van der Waals surface area contributed by atoms with Gasteiger partial charge >= 0.3 is 0 Å². The first kappa shape index (κ1) is 16.0.